The van der Waals surface area contributed by atoms with Crippen molar-refractivity contribution in [2.75, 3.05) is 13.2 Å². The van der Waals surface area contributed by atoms with E-state index >= 15 is 0 Å². The molecular formula is C26H40O4. The summed E-state index contributed by atoms with van der Waals surface area (Å²) in [7, 11) is 0. The van der Waals surface area contributed by atoms with Gasteiger partial charge in [-0.25, -0.2) is 4.79 Å². The van der Waals surface area contributed by atoms with Crippen molar-refractivity contribution >= 4 is 5.97 Å². The van der Waals surface area contributed by atoms with Gasteiger partial charge < -0.3 is 14.6 Å². The molecule has 1 N–H and O–H groups in total. The van der Waals surface area contributed by atoms with Crippen LogP contribution in [0.15, 0.2) is 60.9 Å². The van der Waals surface area contributed by atoms with E-state index in [9.17, 15) is 4.79 Å². The van der Waals surface area contributed by atoms with Gasteiger partial charge in [0, 0.05) is 13.2 Å². The van der Waals surface area contributed by atoms with Gasteiger partial charge in [-0.3, -0.25) is 0 Å². The summed E-state index contributed by atoms with van der Waals surface area (Å²) in [5, 5.41) is 9.06. The first-order valence-corrected chi connectivity index (χ1v) is 11.2. The van der Waals surface area contributed by atoms with Gasteiger partial charge in [-0.2, -0.15) is 0 Å². The number of rotatable bonds is 15. The molecule has 0 radical (unpaired) electrons. The Bertz CT molecular complexity index is 615. The summed E-state index contributed by atoms with van der Waals surface area (Å²) in [5.41, 5.74) is 0.161. The molecule has 0 aromatic heterocycles. The van der Waals surface area contributed by atoms with Crippen molar-refractivity contribution < 1.29 is 19.4 Å². The van der Waals surface area contributed by atoms with Crippen molar-refractivity contribution in [1.29, 1.82) is 0 Å². The Morgan fingerprint density at radius 3 is 2.27 bits per heavy atom. The molecule has 0 aliphatic rings. The number of carboxylic acids is 1. The maximum absolute atomic E-state index is 11.0. The van der Waals surface area contributed by atoms with Crippen LogP contribution in [0.3, 0.4) is 0 Å². The second-order valence-electron chi connectivity index (χ2n) is 6.72. The number of aromatic carboxylic acids is 1. The molecule has 0 aliphatic heterocycles. The third kappa shape index (κ3) is 16.6. The Hall–Kier alpha value is -2.33. The number of para-hydroxylation sites is 1. The molecule has 0 saturated heterocycles. The van der Waals surface area contributed by atoms with Gasteiger partial charge in [0.15, 0.2) is 0 Å². The molecule has 0 aliphatic carbocycles. The number of unbranched alkanes of at least 4 members (excludes halogenated alkanes) is 6. The van der Waals surface area contributed by atoms with Crippen molar-refractivity contribution in [3.8, 4) is 5.75 Å². The molecule has 0 amide bonds. The number of ether oxygens (including phenoxy) is 2. The number of allylic oxidation sites excluding steroid dienone is 5. The minimum Gasteiger partial charge on any atom is -0.478 e. The first kappa shape index (κ1) is 27.7. The monoisotopic (exact) mass is 416 g/mol. The summed E-state index contributed by atoms with van der Waals surface area (Å²) in [6.45, 7) is 7.91. The molecule has 30 heavy (non-hydrogen) atoms. The summed E-state index contributed by atoms with van der Waals surface area (Å²) in [6.07, 6.45) is 21.7. The normalized spacial score (nSPS) is 11.2. The van der Waals surface area contributed by atoms with Gasteiger partial charge >= 0.3 is 5.97 Å². The Balaban J connectivity index is 0.00000150. The molecule has 0 bridgehead atoms. The summed E-state index contributed by atoms with van der Waals surface area (Å²) >= 11 is 0. The average Bonchev–Trinajstić information content (AvgIpc) is 2.75. The lowest BCUT2D eigenvalue weighted by molar-refractivity contribution is 0.0694. The smallest absolute Gasteiger partial charge is 0.339 e. The highest BCUT2D eigenvalue weighted by Crippen LogP contribution is 2.17. The maximum atomic E-state index is 11.0. The SMILES string of the molecule is CCCCCCCCC=CCC=CC=COc1ccccc1C(=O)O.CCOCC. The molecule has 4 heteroatoms. The zero-order chi connectivity index (χ0) is 22.3. The van der Waals surface area contributed by atoms with Crippen LogP contribution in [0.25, 0.3) is 0 Å². The van der Waals surface area contributed by atoms with E-state index in [0.717, 1.165) is 26.1 Å². The van der Waals surface area contributed by atoms with E-state index in [0.29, 0.717) is 5.75 Å². The Labute approximate surface area is 183 Å². The third-order valence-corrected chi connectivity index (χ3v) is 4.21. The van der Waals surface area contributed by atoms with Crippen LogP contribution in [0, 0.1) is 0 Å². The van der Waals surface area contributed by atoms with Crippen molar-refractivity contribution in [1.82, 2.24) is 0 Å². The van der Waals surface area contributed by atoms with Gasteiger partial charge in [0.05, 0.1) is 6.26 Å². The van der Waals surface area contributed by atoms with E-state index in [-0.39, 0.29) is 5.56 Å². The topological polar surface area (TPSA) is 55.8 Å². The van der Waals surface area contributed by atoms with E-state index in [1.54, 1.807) is 24.3 Å². The fourth-order valence-electron chi connectivity index (χ4n) is 2.60. The maximum Gasteiger partial charge on any atom is 0.339 e. The van der Waals surface area contributed by atoms with Crippen LogP contribution < -0.4 is 4.74 Å². The number of hydrogen-bond donors (Lipinski definition) is 1. The zero-order valence-corrected chi connectivity index (χ0v) is 19.0. The first-order valence-electron chi connectivity index (χ1n) is 11.2. The van der Waals surface area contributed by atoms with Crippen LogP contribution in [-0.4, -0.2) is 24.3 Å². The Morgan fingerprint density at radius 2 is 1.60 bits per heavy atom. The molecular weight excluding hydrogens is 376 g/mol. The molecule has 1 rings (SSSR count). The van der Waals surface area contributed by atoms with Crippen LogP contribution >= 0.6 is 0 Å². The van der Waals surface area contributed by atoms with Crippen molar-refractivity contribution in [3.05, 3.63) is 66.5 Å². The highest BCUT2D eigenvalue weighted by atomic mass is 16.5. The molecule has 4 nitrogen and oxygen atoms in total. The van der Waals surface area contributed by atoms with Gasteiger partial charge in [-0.05, 0) is 51.3 Å². The minimum atomic E-state index is -0.991. The van der Waals surface area contributed by atoms with Crippen LogP contribution in [0.4, 0.5) is 0 Å². The van der Waals surface area contributed by atoms with Gasteiger partial charge in [-0.15, -0.1) is 0 Å². The predicted octanol–water partition coefficient (Wildman–Crippen LogP) is 7.57. The molecule has 0 atom stereocenters. The average molecular weight is 417 g/mol. The highest BCUT2D eigenvalue weighted by molar-refractivity contribution is 5.90. The lowest BCUT2D eigenvalue weighted by Gasteiger charge is -2.03. The fraction of sp³-hybridized carbons (Fsp3) is 0.500. The fourth-order valence-corrected chi connectivity index (χ4v) is 2.60. The van der Waals surface area contributed by atoms with Gasteiger partial charge in [-0.1, -0.05) is 75.5 Å². The zero-order valence-electron chi connectivity index (χ0n) is 19.0. The van der Waals surface area contributed by atoms with E-state index in [2.05, 4.69) is 19.1 Å². The molecule has 0 heterocycles. The summed E-state index contributed by atoms with van der Waals surface area (Å²) < 4.78 is 10.2. The standard InChI is InChI=1S/C22H30O3.C4H10O/c1-2-3-4-5-6-7-8-9-10-11-12-13-16-19-25-21-18-15-14-17-20(21)22(23)24;1-3-5-4-2/h9-10,12-19H,2-8,11H2,1H3,(H,23,24);3-4H2,1-2H3. The lowest BCUT2D eigenvalue weighted by atomic mass is 10.1. The second kappa shape index (κ2) is 21.4. The van der Waals surface area contributed by atoms with E-state index < -0.39 is 5.97 Å². The van der Waals surface area contributed by atoms with Crippen LogP contribution in [0.1, 0.15) is 82.5 Å². The van der Waals surface area contributed by atoms with Gasteiger partial charge in [0.25, 0.3) is 0 Å². The summed E-state index contributed by atoms with van der Waals surface area (Å²) in [5.74, 6) is -0.645. The summed E-state index contributed by atoms with van der Waals surface area (Å²) in [4.78, 5) is 11.0. The molecule has 0 fully saturated rings. The summed E-state index contributed by atoms with van der Waals surface area (Å²) in [6, 6.07) is 6.59. The van der Waals surface area contributed by atoms with Crippen LogP contribution in [0.2, 0.25) is 0 Å². The number of carboxylic acid groups (broad SMARTS) is 1. The third-order valence-electron chi connectivity index (χ3n) is 4.21. The molecule has 0 saturated carbocycles. The Kier molecular flexibility index (Phi) is 19.7. The van der Waals surface area contributed by atoms with Gasteiger partial charge in [0.2, 0.25) is 0 Å². The molecule has 1 aromatic rings. The predicted molar refractivity (Wildman–Crippen MR) is 126 cm³/mol. The highest BCUT2D eigenvalue weighted by Gasteiger charge is 2.08. The first-order chi connectivity index (χ1) is 14.7. The second-order valence-corrected chi connectivity index (χ2v) is 6.72. The van der Waals surface area contributed by atoms with E-state index in [4.69, 9.17) is 14.6 Å². The number of hydrogen-bond acceptors (Lipinski definition) is 3. The van der Waals surface area contributed by atoms with E-state index in [1.807, 2.05) is 26.0 Å². The molecule has 1 aromatic carbocycles. The van der Waals surface area contributed by atoms with Crippen LogP contribution in [0.5, 0.6) is 5.75 Å². The number of carbonyl (C=O) groups is 1. The Morgan fingerprint density at radius 1 is 0.900 bits per heavy atom. The number of benzene rings is 1. The van der Waals surface area contributed by atoms with Gasteiger partial charge in [0.1, 0.15) is 11.3 Å². The van der Waals surface area contributed by atoms with Crippen LogP contribution in [-0.2, 0) is 4.74 Å². The largest absolute Gasteiger partial charge is 0.478 e. The quantitative estimate of drug-likeness (QED) is 0.139. The molecule has 168 valence electrons. The van der Waals surface area contributed by atoms with Crippen molar-refractivity contribution in [2.24, 2.45) is 0 Å². The van der Waals surface area contributed by atoms with Crippen molar-refractivity contribution in [2.45, 2.75) is 72.1 Å². The lowest BCUT2D eigenvalue weighted by Crippen LogP contribution is -1.99. The minimum absolute atomic E-state index is 0.161. The molecule has 0 spiro atoms. The molecule has 0 unspecified atom stereocenters. The van der Waals surface area contributed by atoms with Crippen molar-refractivity contribution in [3.63, 3.8) is 0 Å². The van der Waals surface area contributed by atoms with E-state index in [1.165, 1.54) is 50.9 Å².